The summed E-state index contributed by atoms with van der Waals surface area (Å²) in [5.74, 6) is -0.356. The Bertz CT molecular complexity index is 498. The van der Waals surface area contributed by atoms with Crippen LogP contribution in [0.2, 0.25) is 0 Å². The molecule has 1 heterocycles. The molecule has 1 aromatic rings. The third-order valence-electron chi connectivity index (χ3n) is 2.72. The molecule has 0 bridgehead atoms. The first kappa shape index (κ1) is 15.0. The highest BCUT2D eigenvalue weighted by Crippen LogP contribution is 2.21. The molecule has 0 aliphatic carbocycles. The second-order valence-electron chi connectivity index (χ2n) is 3.98. The minimum atomic E-state index is -0.356. The van der Waals surface area contributed by atoms with Gasteiger partial charge in [-0.1, -0.05) is 30.9 Å². The van der Waals surface area contributed by atoms with Gasteiger partial charge in [-0.3, -0.25) is 0 Å². The lowest BCUT2D eigenvalue weighted by molar-refractivity contribution is 0.0512. The highest BCUT2D eigenvalue weighted by atomic mass is 16.5. The maximum atomic E-state index is 11.8. The van der Waals surface area contributed by atoms with E-state index >= 15 is 0 Å². The van der Waals surface area contributed by atoms with E-state index in [1.165, 1.54) is 6.20 Å². The number of hydrogen-bond donors (Lipinski definition) is 0. The Morgan fingerprint density at radius 3 is 2.95 bits per heavy atom. The summed E-state index contributed by atoms with van der Waals surface area (Å²) in [6.07, 6.45) is 10.7. The lowest BCUT2D eigenvalue weighted by Crippen LogP contribution is -2.15. The molecular formula is C15H20N2O2. The molecule has 0 amide bonds. The van der Waals surface area contributed by atoms with E-state index in [1.807, 2.05) is 32.1 Å². The van der Waals surface area contributed by atoms with E-state index in [0.717, 1.165) is 5.57 Å². The van der Waals surface area contributed by atoms with Crippen LogP contribution in [0.25, 0.3) is 0 Å². The van der Waals surface area contributed by atoms with Crippen molar-refractivity contribution in [2.75, 3.05) is 6.61 Å². The summed E-state index contributed by atoms with van der Waals surface area (Å²) >= 11 is 0. The first-order chi connectivity index (χ1) is 9.15. The van der Waals surface area contributed by atoms with Crippen LogP contribution in [-0.2, 0) is 4.74 Å². The molecule has 0 aliphatic rings. The molecule has 0 aliphatic heterocycles. The smallest absolute Gasteiger partial charge is 0.356 e. The van der Waals surface area contributed by atoms with Crippen molar-refractivity contribution >= 4 is 5.97 Å². The Hall–Kier alpha value is -2.10. The lowest BCUT2D eigenvalue weighted by atomic mass is 10.1. The molecule has 102 valence electrons. The van der Waals surface area contributed by atoms with E-state index in [9.17, 15) is 4.79 Å². The van der Waals surface area contributed by atoms with Crippen LogP contribution in [-0.4, -0.2) is 22.1 Å². The van der Waals surface area contributed by atoms with Crippen molar-refractivity contribution in [2.24, 2.45) is 0 Å². The summed E-state index contributed by atoms with van der Waals surface area (Å²) in [6.45, 7) is 9.79. The van der Waals surface area contributed by atoms with Gasteiger partial charge in [0.25, 0.3) is 0 Å². The van der Waals surface area contributed by atoms with Crippen molar-refractivity contribution in [1.82, 2.24) is 9.55 Å². The number of aromatic nitrogens is 2. The number of esters is 1. The van der Waals surface area contributed by atoms with E-state index in [4.69, 9.17) is 4.74 Å². The topological polar surface area (TPSA) is 44.1 Å². The fourth-order valence-electron chi connectivity index (χ4n) is 1.80. The second kappa shape index (κ2) is 7.36. The maximum Gasteiger partial charge on any atom is 0.356 e. The van der Waals surface area contributed by atoms with Crippen molar-refractivity contribution in [3.63, 3.8) is 0 Å². The quantitative estimate of drug-likeness (QED) is 0.582. The van der Waals surface area contributed by atoms with Gasteiger partial charge >= 0.3 is 5.97 Å². The molecule has 0 spiro atoms. The predicted octanol–water partition coefficient (Wildman–Crippen LogP) is 3.31. The van der Waals surface area contributed by atoms with Crippen LogP contribution in [0.4, 0.5) is 0 Å². The molecular weight excluding hydrogens is 240 g/mol. The molecule has 19 heavy (non-hydrogen) atoms. The van der Waals surface area contributed by atoms with Crippen molar-refractivity contribution in [3.05, 3.63) is 54.7 Å². The Morgan fingerprint density at radius 2 is 2.37 bits per heavy atom. The summed E-state index contributed by atoms with van der Waals surface area (Å²) in [7, 11) is 0. The van der Waals surface area contributed by atoms with Crippen LogP contribution >= 0.6 is 0 Å². The molecule has 0 radical (unpaired) electrons. The number of ether oxygens (including phenoxy) is 1. The van der Waals surface area contributed by atoms with E-state index in [-0.39, 0.29) is 12.0 Å². The number of hydrogen-bond acceptors (Lipinski definition) is 3. The number of carbonyl (C=O) groups is 1. The number of nitrogens with zero attached hydrogens (tertiary/aromatic N) is 2. The Balaban J connectivity index is 3.09. The standard InChI is InChI=1S/C15H20N2O2/c1-5-8-13(9-6-2)12(4)17-11-16-10-14(17)15(18)19-7-3/h5-6,8-12H,1,7H2,2-4H3/b9-6-,13-8+/t12-/m1/s1. The van der Waals surface area contributed by atoms with Gasteiger partial charge in [-0.2, -0.15) is 0 Å². The third kappa shape index (κ3) is 3.68. The van der Waals surface area contributed by atoms with E-state index in [1.54, 1.807) is 23.9 Å². The molecule has 1 aromatic heterocycles. The monoisotopic (exact) mass is 260 g/mol. The first-order valence-electron chi connectivity index (χ1n) is 6.29. The van der Waals surface area contributed by atoms with Crippen molar-refractivity contribution in [3.8, 4) is 0 Å². The van der Waals surface area contributed by atoms with Crippen LogP contribution in [0.3, 0.4) is 0 Å². The Labute approximate surface area is 114 Å². The largest absolute Gasteiger partial charge is 0.461 e. The minimum Gasteiger partial charge on any atom is -0.461 e. The molecule has 0 saturated heterocycles. The fraction of sp³-hybridized carbons (Fsp3) is 0.333. The Morgan fingerprint density at radius 1 is 1.63 bits per heavy atom. The molecule has 0 aromatic carbocycles. The van der Waals surface area contributed by atoms with Crippen molar-refractivity contribution in [2.45, 2.75) is 26.8 Å². The first-order valence-corrected chi connectivity index (χ1v) is 6.29. The van der Waals surface area contributed by atoms with Gasteiger partial charge in [0, 0.05) is 0 Å². The van der Waals surface area contributed by atoms with Gasteiger partial charge in [0.05, 0.1) is 25.2 Å². The lowest BCUT2D eigenvalue weighted by Gasteiger charge is -2.17. The molecule has 0 fully saturated rings. The van der Waals surface area contributed by atoms with Gasteiger partial charge in [-0.05, 0) is 26.3 Å². The molecule has 4 heteroatoms. The maximum absolute atomic E-state index is 11.8. The number of rotatable bonds is 6. The molecule has 0 unspecified atom stereocenters. The number of carbonyl (C=O) groups excluding carboxylic acids is 1. The van der Waals surface area contributed by atoms with Crippen LogP contribution < -0.4 is 0 Å². The molecule has 1 rings (SSSR count). The van der Waals surface area contributed by atoms with Gasteiger partial charge in [-0.15, -0.1) is 0 Å². The zero-order valence-electron chi connectivity index (χ0n) is 11.7. The SMILES string of the molecule is C=C/C=C(\C=C/C)[C@@H](C)n1cncc1C(=O)OCC. The zero-order valence-corrected chi connectivity index (χ0v) is 11.7. The van der Waals surface area contributed by atoms with Crippen LogP contribution in [0.1, 0.15) is 37.3 Å². The van der Waals surface area contributed by atoms with Gasteiger partial charge in [0.2, 0.25) is 0 Å². The molecule has 0 saturated carbocycles. The average Bonchev–Trinajstić information content (AvgIpc) is 2.87. The van der Waals surface area contributed by atoms with Gasteiger partial charge in [-0.25, -0.2) is 9.78 Å². The summed E-state index contributed by atoms with van der Waals surface area (Å²) in [5, 5.41) is 0. The zero-order chi connectivity index (χ0) is 14.3. The van der Waals surface area contributed by atoms with E-state index < -0.39 is 0 Å². The summed E-state index contributed by atoms with van der Waals surface area (Å²) in [4.78, 5) is 15.9. The number of allylic oxidation sites excluding steroid dienone is 5. The van der Waals surface area contributed by atoms with Crippen LogP contribution in [0.5, 0.6) is 0 Å². The van der Waals surface area contributed by atoms with Gasteiger partial charge in [0.15, 0.2) is 0 Å². The average molecular weight is 260 g/mol. The normalized spacial score (nSPS) is 13.5. The second-order valence-corrected chi connectivity index (χ2v) is 3.98. The summed E-state index contributed by atoms with van der Waals surface area (Å²) < 4.78 is 6.82. The van der Waals surface area contributed by atoms with Crippen molar-refractivity contribution in [1.29, 1.82) is 0 Å². The molecule has 4 nitrogen and oxygen atoms in total. The van der Waals surface area contributed by atoms with E-state index in [0.29, 0.717) is 12.3 Å². The Kier molecular flexibility index (Phi) is 5.79. The number of imidazole rings is 1. The molecule has 1 atom stereocenters. The minimum absolute atomic E-state index is 0.0175. The van der Waals surface area contributed by atoms with E-state index in [2.05, 4.69) is 11.6 Å². The van der Waals surface area contributed by atoms with Crippen molar-refractivity contribution < 1.29 is 9.53 Å². The molecule has 0 N–H and O–H groups in total. The van der Waals surface area contributed by atoms with Gasteiger partial charge < -0.3 is 9.30 Å². The highest BCUT2D eigenvalue weighted by molar-refractivity contribution is 5.87. The fourth-order valence-corrected chi connectivity index (χ4v) is 1.80. The van der Waals surface area contributed by atoms with Gasteiger partial charge in [0.1, 0.15) is 5.69 Å². The summed E-state index contributed by atoms with van der Waals surface area (Å²) in [5.41, 5.74) is 1.50. The van der Waals surface area contributed by atoms with Crippen LogP contribution in [0, 0.1) is 0 Å². The summed E-state index contributed by atoms with van der Waals surface area (Å²) in [6, 6.07) is -0.0175. The van der Waals surface area contributed by atoms with Crippen LogP contribution in [0.15, 0.2) is 49.0 Å². The third-order valence-corrected chi connectivity index (χ3v) is 2.72. The predicted molar refractivity (Wildman–Crippen MR) is 76.0 cm³/mol. The highest BCUT2D eigenvalue weighted by Gasteiger charge is 2.18.